The molecule has 0 bridgehead atoms. The first-order chi connectivity index (χ1) is 13.0. The van der Waals surface area contributed by atoms with Crippen molar-refractivity contribution in [3.63, 3.8) is 0 Å². The Hall–Kier alpha value is -2.68. The summed E-state index contributed by atoms with van der Waals surface area (Å²) in [5.74, 6) is -0.546. The van der Waals surface area contributed by atoms with Crippen LogP contribution in [0.25, 0.3) is 10.2 Å². The van der Waals surface area contributed by atoms with E-state index in [1.807, 2.05) is 0 Å². The summed E-state index contributed by atoms with van der Waals surface area (Å²) in [5, 5.41) is 2.44. The maximum atomic E-state index is 13.7. The third-order valence-corrected chi connectivity index (χ3v) is 5.25. The van der Waals surface area contributed by atoms with Gasteiger partial charge in [-0.1, -0.05) is 26.8 Å². The summed E-state index contributed by atoms with van der Waals surface area (Å²) in [4.78, 5) is 21.0. The lowest BCUT2D eigenvalue weighted by Crippen LogP contribution is -2.22. The van der Waals surface area contributed by atoms with Crippen LogP contribution in [-0.2, 0) is 18.1 Å². The smallest absolute Gasteiger partial charge is 0.397 e. The van der Waals surface area contributed by atoms with E-state index in [0.29, 0.717) is 0 Å². The number of nitrogen functional groups attached to an aromatic ring is 1. The molecule has 148 valence electrons. The van der Waals surface area contributed by atoms with Gasteiger partial charge in [0.05, 0.1) is 11.3 Å². The van der Waals surface area contributed by atoms with Crippen molar-refractivity contribution in [2.24, 2.45) is 0 Å². The highest BCUT2D eigenvalue weighted by atomic mass is 32.1. The standard InChI is InChI=1S/C19H19F3N4OS/c1-18(2,3)12-7-11(19(20,21)22)13-14(23)15(28-17(13)26-12)16(27)25-9-10-5-4-6-24-8-10/h4-8H,9,23H2,1-3H3,(H,25,27). The lowest BCUT2D eigenvalue weighted by Gasteiger charge is -2.20. The first kappa shape index (κ1) is 20.1. The summed E-state index contributed by atoms with van der Waals surface area (Å²) < 4.78 is 41.0. The number of fused-ring (bicyclic) bond motifs is 1. The van der Waals surface area contributed by atoms with Crippen LogP contribution in [-0.4, -0.2) is 15.9 Å². The van der Waals surface area contributed by atoms with Crippen LogP contribution in [0.3, 0.4) is 0 Å². The van der Waals surface area contributed by atoms with Crippen LogP contribution in [0.1, 0.15) is 47.3 Å². The number of alkyl halides is 3. The topological polar surface area (TPSA) is 80.9 Å². The summed E-state index contributed by atoms with van der Waals surface area (Å²) >= 11 is 0.864. The number of nitrogens with one attached hydrogen (secondary N) is 1. The van der Waals surface area contributed by atoms with Gasteiger partial charge in [-0.15, -0.1) is 11.3 Å². The Morgan fingerprint density at radius 3 is 2.57 bits per heavy atom. The molecule has 9 heteroatoms. The van der Waals surface area contributed by atoms with E-state index in [1.165, 1.54) is 0 Å². The minimum absolute atomic E-state index is 0.0166. The number of hydrogen-bond acceptors (Lipinski definition) is 5. The number of nitrogens with zero attached hydrogens (tertiary/aromatic N) is 2. The van der Waals surface area contributed by atoms with Gasteiger partial charge in [-0.2, -0.15) is 13.2 Å². The van der Waals surface area contributed by atoms with Crippen LogP contribution in [0.15, 0.2) is 30.6 Å². The fourth-order valence-electron chi connectivity index (χ4n) is 2.66. The molecule has 3 rings (SSSR count). The van der Waals surface area contributed by atoms with Crippen molar-refractivity contribution < 1.29 is 18.0 Å². The van der Waals surface area contributed by atoms with Crippen LogP contribution < -0.4 is 11.1 Å². The molecule has 1 amide bonds. The second-order valence-electron chi connectivity index (χ2n) is 7.37. The molecule has 0 spiro atoms. The Morgan fingerprint density at radius 2 is 2.00 bits per heavy atom. The van der Waals surface area contributed by atoms with E-state index in [2.05, 4.69) is 15.3 Å². The summed E-state index contributed by atoms with van der Waals surface area (Å²) in [6, 6.07) is 4.52. The van der Waals surface area contributed by atoms with Crippen LogP contribution in [0.4, 0.5) is 18.9 Å². The lowest BCUT2D eigenvalue weighted by atomic mass is 9.90. The number of amides is 1. The highest BCUT2D eigenvalue weighted by Gasteiger charge is 2.37. The van der Waals surface area contributed by atoms with Crippen molar-refractivity contribution in [1.29, 1.82) is 0 Å². The molecule has 0 saturated carbocycles. The predicted octanol–water partition coefficient (Wildman–Crippen LogP) is 4.52. The zero-order valence-corrected chi connectivity index (χ0v) is 16.3. The first-order valence-electron chi connectivity index (χ1n) is 8.46. The second-order valence-corrected chi connectivity index (χ2v) is 8.37. The van der Waals surface area contributed by atoms with Crippen LogP contribution in [0.2, 0.25) is 0 Å². The van der Waals surface area contributed by atoms with Gasteiger partial charge in [-0.3, -0.25) is 9.78 Å². The third kappa shape index (κ3) is 3.94. The van der Waals surface area contributed by atoms with Gasteiger partial charge in [-0.25, -0.2) is 4.98 Å². The molecular weight excluding hydrogens is 389 g/mol. The number of nitrogens with two attached hydrogens (primary N) is 1. The normalized spacial score (nSPS) is 12.4. The number of carbonyl (C=O) groups excluding carboxylic acids is 1. The molecule has 3 N–H and O–H groups in total. The zero-order valence-electron chi connectivity index (χ0n) is 15.5. The maximum absolute atomic E-state index is 13.7. The van der Waals surface area contributed by atoms with Gasteiger partial charge in [0.2, 0.25) is 0 Å². The highest BCUT2D eigenvalue weighted by molar-refractivity contribution is 7.21. The van der Waals surface area contributed by atoms with Gasteiger partial charge < -0.3 is 11.1 Å². The molecule has 0 aromatic carbocycles. The van der Waals surface area contributed by atoms with Crippen molar-refractivity contribution in [2.75, 3.05) is 5.73 Å². The summed E-state index contributed by atoms with van der Waals surface area (Å²) in [5.41, 5.74) is 5.35. The molecule has 5 nitrogen and oxygen atoms in total. The van der Waals surface area contributed by atoms with Crippen LogP contribution in [0, 0.1) is 0 Å². The predicted molar refractivity (Wildman–Crippen MR) is 103 cm³/mol. The number of aromatic nitrogens is 2. The van der Waals surface area contributed by atoms with E-state index in [4.69, 9.17) is 5.73 Å². The average molecular weight is 408 g/mol. The molecule has 0 atom stereocenters. The molecule has 0 saturated heterocycles. The number of halogens is 3. The SMILES string of the molecule is CC(C)(C)c1cc(C(F)(F)F)c2c(N)c(C(=O)NCc3cccnc3)sc2n1. The average Bonchev–Trinajstić information content (AvgIpc) is 2.95. The number of carbonyl (C=O) groups is 1. The van der Waals surface area contributed by atoms with Crippen LogP contribution >= 0.6 is 11.3 Å². The van der Waals surface area contributed by atoms with Gasteiger partial charge in [-0.05, 0) is 17.7 Å². The Labute approximate surface area is 163 Å². The number of anilines is 1. The van der Waals surface area contributed by atoms with Crippen molar-refractivity contribution in [2.45, 2.75) is 38.9 Å². The summed E-state index contributed by atoms with van der Waals surface area (Å²) in [6.45, 7) is 5.52. The molecular formula is C19H19F3N4OS. The monoisotopic (exact) mass is 408 g/mol. The van der Waals surface area contributed by atoms with E-state index < -0.39 is 23.1 Å². The summed E-state index contributed by atoms with van der Waals surface area (Å²) in [7, 11) is 0. The first-order valence-corrected chi connectivity index (χ1v) is 9.28. The Balaban J connectivity index is 2.05. The largest absolute Gasteiger partial charge is 0.417 e. The van der Waals surface area contributed by atoms with Gasteiger partial charge >= 0.3 is 6.18 Å². The molecule has 0 unspecified atom stereocenters. The van der Waals surface area contributed by atoms with Gasteiger partial charge in [0.25, 0.3) is 5.91 Å². The van der Waals surface area contributed by atoms with E-state index >= 15 is 0 Å². The number of rotatable bonds is 3. The van der Waals surface area contributed by atoms with E-state index in [0.717, 1.165) is 23.0 Å². The number of thiophene rings is 1. The fourth-order valence-corrected chi connectivity index (χ4v) is 3.70. The van der Waals surface area contributed by atoms with Gasteiger partial charge in [0.15, 0.2) is 0 Å². The molecule has 3 heterocycles. The van der Waals surface area contributed by atoms with Crippen molar-refractivity contribution in [3.8, 4) is 0 Å². The van der Waals surface area contributed by atoms with Crippen molar-refractivity contribution in [3.05, 3.63) is 52.3 Å². The molecule has 3 aromatic rings. The van der Waals surface area contributed by atoms with Crippen molar-refractivity contribution in [1.82, 2.24) is 15.3 Å². The second kappa shape index (κ2) is 7.05. The molecule has 3 aromatic heterocycles. The lowest BCUT2D eigenvalue weighted by molar-refractivity contribution is -0.136. The Bertz CT molecular complexity index is 1020. The Morgan fingerprint density at radius 1 is 1.29 bits per heavy atom. The Kier molecular flexibility index (Phi) is 5.05. The molecule has 0 aliphatic rings. The minimum Gasteiger partial charge on any atom is -0.397 e. The quantitative estimate of drug-likeness (QED) is 0.668. The number of hydrogen-bond donors (Lipinski definition) is 2. The van der Waals surface area contributed by atoms with E-state index in [9.17, 15) is 18.0 Å². The third-order valence-electron chi connectivity index (χ3n) is 4.15. The highest BCUT2D eigenvalue weighted by Crippen LogP contribution is 2.43. The fraction of sp³-hybridized carbons (Fsp3) is 0.316. The van der Waals surface area contributed by atoms with E-state index in [-0.39, 0.29) is 33.0 Å². The zero-order chi connectivity index (χ0) is 20.7. The molecule has 0 aliphatic carbocycles. The van der Waals surface area contributed by atoms with E-state index in [1.54, 1.807) is 45.3 Å². The molecule has 0 radical (unpaired) electrons. The molecule has 28 heavy (non-hydrogen) atoms. The van der Waals surface area contributed by atoms with Crippen molar-refractivity contribution >= 4 is 33.1 Å². The van der Waals surface area contributed by atoms with Crippen LogP contribution in [0.5, 0.6) is 0 Å². The molecule has 0 fully saturated rings. The molecule has 0 aliphatic heterocycles. The number of pyridine rings is 2. The van der Waals surface area contributed by atoms with Gasteiger partial charge in [0.1, 0.15) is 9.71 Å². The minimum atomic E-state index is -4.61. The maximum Gasteiger partial charge on any atom is 0.417 e. The van der Waals surface area contributed by atoms with Gasteiger partial charge in [0, 0.05) is 35.4 Å². The summed E-state index contributed by atoms with van der Waals surface area (Å²) in [6.07, 6.45) is -1.42.